The molecule has 0 N–H and O–H groups in total. The van der Waals surface area contributed by atoms with E-state index in [2.05, 4.69) is 66.7 Å². The first kappa shape index (κ1) is 14.8. The maximum absolute atomic E-state index is 2.65. The molecule has 2 aromatic carbocycles. The summed E-state index contributed by atoms with van der Waals surface area (Å²) >= 11 is 0. The van der Waals surface area contributed by atoms with Gasteiger partial charge < -0.3 is 0 Å². The van der Waals surface area contributed by atoms with Crippen LogP contribution in [0.15, 0.2) is 72.3 Å². The fraction of sp³-hybridized carbons (Fsp3) is 0.391. The number of benzene rings is 2. The van der Waals surface area contributed by atoms with E-state index < -0.39 is 0 Å². The summed E-state index contributed by atoms with van der Waals surface area (Å²) < 4.78 is 0. The van der Waals surface area contributed by atoms with Gasteiger partial charge in [0.2, 0.25) is 0 Å². The Balaban J connectivity index is 1.52. The molecule has 0 amide bonds. The molecule has 0 radical (unpaired) electrons. The Labute approximate surface area is 140 Å². The van der Waals surface area contributed by atoms with Crippen molar-refractivity contribution in [1.82, 2.24) is 0 Å². The summed E-state index contributed by atoms with van der Waals surface area (Å²) in [5.74, 6) is 2.52. The van der Waals surface area contributed by atoms with E-state index in [1.165, 1.54) is 49.7 Å². The van der Waals surface area contributed by atoms with Crippen molar-refractivity contribution in [2.45, 2.75) is 38.5 Å². The molecule has 0 heteroatoms. The van der Waals surface area contributed by atoms with Crippen LogP contribution in [0.5, 0.6) is 0 Å². The van der Waals surface area contributed by atoms with Gasteiger partial charge in [-0.25, -0.2) is 0 Å². The van der Waals surface area contributed by atoms with Crippen LogP contribution in [0.3, 0.4) is 0 Å². The Morgan fingerprint density at radius 2 is 1.22 bits per heavy atom. The van der Waals surface area contributed by atoms with E-state index in [0.717, 1.165) is 11.8 Å². The molecule has 0 spiro atoms. The molecule has 4 rings (SSSR count). The van der Waals surface area contributed by atoms with E-state index in [1.54, 1.807) is 5.57 Å². The van der Waals surface area contributed by atoms with E-state index in [9.17, 15) is 0 Å². The summed E-state index contributed by atoms with van der Waals surface area (Å²) in [5.41, 5.74) is 4.72. The highest BCUT2D eigenvalue weighted by molar-refractivity contribution is 5.32. The molecule has 0 heterocycles. The first-order chi connectivity index (χ1) is 11.4. The van der Waals surface area contributed by atoms with Crippen LogP contribution in [-0.2, 0) is 12.8 Å². The third-order valence-corrected chi connectivity index (χ3v) is 5.62. The van der Waals surface area contributed by atoms with Gasteiger partial charge in [0.25, 0.3) is 0 Å². The maximum atomic E-state index is 2.65. The van der Waals surface area contributed by atoms with Gasteiger partial charge in [-0.05, 0) is 54.6 Å². The van der Waals surface area contributed by atoms with Crippen LogP contribution in [0.2, 0.25) is 0 Å². The summed E-state index contributed by atoms with van der Waals surface area (Å²) in [7, 11) is 0. The van der Waals surface area contributed by atoms with Gasteiger partial charge in [0, 0.05) is 0 Å². The first-order valence-corrected chi connectivity index (χ1v) is 9.19. The SMILES string of the molecule is C(=C1C2CCCCC12)C(Cc1ccccc1)Cc1ccccc1. The molecule has 2 unspecified atom stereocenters. The monoisotopic (exact) mass is 302 g/mol. The number of hydrogen-bond acceptors (Lipinski definition) is 0. The molecule has 2 atom stereocenters. The summed E-state index contributed by atoms with van der Waals surface area (Å²) in [6.07, 6.45) is 10.8. The smallest absolute Gasteiger partial charge is 0.0134 e. The second kappa shape index (κ2) is 6.74. The summed E-state index contributed by atoms with van der Waals surface area (Å²) in [5, 5.41) is 0. The second-order valence-electron chi connectivity index (χ2n) is 7.30. The van der Waals surface area contributed by atoms with Crippen molar-refractivity contribution in [3.05, 3.63) is 83.4 Å². The van der Waals surface area contributed by atoms with Crippen LogP contribution in [-0.4, -0.2) is 0 Å². The Morgan fingerprint density at radius 3 is 1.70 bits per heavy atom. The normalized spacial score (nSPS) is 22.7. The molecule has 2 aromatic rings. The second-order valence-corrected chi connectivity index (χ2v) is 7.30. The van der Waals surface area contributed by atoms with Crippen molar-refractivity contribution in [2.75, 3.05) is 0 Å². The van der Waals surface area contributed by atoms with Crippen molar-refractivity contribution in [1.29, 1.82) is 0 Å². The topological polar surface area (TPSA) is 0 Å². The lowest BCUT2D eigenvalue weighted by atomic mass is 9.91. The third-order valence-electron chi connectivity index (χ3n) is 5.62. The van der Waals surface area contributed by atoms with Crippen molar-refractivity contribution >= 4 is 0 Å². The fourth-order valence-electron chi connectivity index (χ4n) is 4.41. The molecule has 0 bridgehead atoms. The van der Waals surface area contributed by atoms with Crippen LogP contribution in [0.1, 0.15) is 36.8 Å². The lowest BCUT2D eigenvalue weighted by Gasteiger charge is -2.13. The summed E-state index contributed by atoms with van der Waals surface area (Å²) in [4.78, 5) is 0. The fourth-order valence-corrected chi connectivity index (χ4v) is 4.41. The molecular weight excluding hydrogens is 276 g/mol. The molecule has 118 valence electrons. The zero-order valence-corrected chi connectivity index (χ0v) is 13.8. The molecule has 2 aliphatic carbocycles. The van der Waals surface area contributed by atoms with Crippen molar-refractivity contribution in [3.63, 3.8) is 0 Å². The van der Waals surface area contributed by atoms with Gasteiger partial charge in [0.15, 0.2) is 0 Å². The molecule has 0 aliphatic heterocycles. The van der Waals surface area contributed by atoms with Crippen LogP contribution in [0.4, 0.5) is 0 Å². The zero-order chi connectivity index (χ0) is 15.5. The number of rotatable bonds is 5. The molecule has 2 aliphatic rings. The van der Waals surface area contributed by atoms with Crippen LogP contribution in [0.25, 0.3) is 0 Å². The minimum Gasteiger partial charge on any atom is -0.0809 e. The summed E-state index contributed by atoms with van der Waals surface area (Å²) in [6, 6.07) is 22.0. The minimum absolute atomic E-state index is 0.639. The molecule has 0 nitrogen and oxygen atoms in total. The van der Waals surface area contributed by atoms with Gasteiger partial charge in [-0.1, -0.05) is 85.2 Å². The van der Waals surface area contributed by atoms with Gasteiger partial charge >= 0.3 is 0 Å². The van der Waals surface area contributed by atoms with E-state index in [1.807, 2.05) is 0 Å². The highest BCUT2D eigenvalue weighted by Gasteiger charge is 2.44. The average Bonchev–Trinajstić information content (AvgIpc) is 3.30. The van der Waals surface area contributed by atoms with Gasteiger partial charge in [0.1, 0.15) is 0 Å². The third kappa shape index (κ3) is 3.58. The largest absolute Gasteiger partial charge is 0.0809 e. The lowest BCUT2D eigenvalue weighted by molar-refractivity contribution is 0.480. The first-order valence-electron chi connectivity index (χ1n) is 9.19. The standard InChI is InChI=1S/C23H26/c1-3-9-18(10-4-1)15-20(16-19-11-5-2-6-12-19)17-23-21-13-7-8-14-22(21)23/h1-6,9-12,17,20-22H,7-8,13-16H2. The minimum atomic E-state index is 0.639. The lowest BCUT2D eigenvalue weighted by Crippen LogP contribution is -2.06. The number of allylic oxidation sites excluding steroid dienone is 2. The van der Waals surface area contributed by atoms with Gasteiger partial charge in [-0.2, -0.15) is 0 Å². The molecule has 0 aromatic heterocycles. The average molecular weight is 302 g/mol. The van der Waals surface area contributed by atoms with Gasteiger partial charge in [0.05, 0.1) is 0 Å². The van der Waals surface area contributed by atoms with Crippen LogP contribution < -0.4 is 0 Å². The predicted octanol–water partition coefficient (Wildman–Crippen LogP) is 5.83. The molecule has 0 saturated heterocycles. The van der Waals surface area contributed by atoms with Crippen LogP contribution >= 0.6 is 0 Å². The van der Waals surface area contributed by atoms with Gasteiger partial charge in [-0.3, -0.25) is 0 Å². The number of fused-ring (bicyclic) bond motifs is 1. The van der Waals surface area contributed by atoms with Crippen molar-refractivity contribution in [3.8, 4) is 0 Å². The van der Waals surface area contributed by atoms with E-state index in [0.29, 0.717) is 5.92 Å². The Morgan fingerprint density at radius 1 is 0.739 bits per heavy atom. The molecule has 2 fully saturated rings. The van der Waals surface area contributed by atoms with E-state index in [4.69, 9.17) is 0 Å². The Bertz CT molecular complexity index is 597. The zero-order valence-electron chi connectivity index (χ0n) is 13.8. The Kier molecular flexibility index (Phi) is 4.33. The van der Waals surface area contributed by atoms with E-state index in [-0.39, 0.29) is 0 Å². The van der Waals surface area contributed by atoms with Crippen molar-refractivity contribution < 1.29 is 0 Å². The molecule has 23 heavy (non-hydrogen) atoms. The molecule has 2 saturated carbocycles. The quantitative estimate of drug-likeness (QED) is 0.609. The summed E-state index contributed by atoms with van der Waals surface area (Å²) in [6.45, 7) is 0. The molecular formula is C23H26. The number of hydrogen-bond donors (Lipinski definition) is 0. The Hall–Kier alpha value is -1.82. The maximum Gasteiger partial charge on any atom is -0.0134 e. The van der Waals surface area contributed by atoms with Crippen molar-refractivity contribution in [2.24, 2.45) is 17.8 Å². The van der Waals surface area contributed by atoms with Gasteiger partial charge in [-0.15, -0.1) is 0 Å². The highest BCUT2D eigenvalue weighted by atomic mass is 14.5. The van der Waals surface area contributed by atoms with E-state index >= 15 is 0 Å². The predicted molar refractivity (Wildman–Crippen MR) is 97.3 cm³/mol. The highest BCUT2D eigenvalue weighted by Crippen LogP contribution is 2.55. The van der Waals surface area contributed by atoms with Crippen LogP contribution in [0, 0.1) is 17.8 Å².